The first-order valence-corrected chi connectivity index (χ1v) is 6.82. The van der Waals surface area contributed by atoms with Gasteiger partial charge >= 0.3 is 0 Å². The van der Waals surface area contributed by atoms with Crippen LogP contribution < -0.4 is 5.56 Å². The lowest BCUT2D eigenvalue weighted by Gasteiger charge is -2.24. The zero-order chi connectivity index (χ0) is 12.4. The highest BCUT2D eigenvalue weighted by molar-refractivity contribution is 8.03. The predicted molar refractivity (Wildman–Crippen MR) is 68.0 cm³/mol. The minimum Gasteiger partial charge on any atom is -0.289 e. The second-order valence-electron chi connectivity index (χ2n) is 4.57. The summed E-state index contributed by atoms with van der Waals surface area (Å²) >= 11 is 0.979. The third-order valence-electron chi connectivity index (χ3n) is 3.61. The summed E-state index contributed by atoms with van der Waals surface area (Å²) in [6.07, 6.45) is 5.82. The van der Waals surface area contributed by atoms with Gasteiger partial charge in [-0.15, -0.1) is 0 Å². The minimum atomic E-state index is 0.00319. The smallest absolute Gasteiger partial charge is 0.281 e. The molecule has 0 unspecified atom stereocenters. The molecule has 1 fully saturated rings. The summed E-state index contributed by atoms with van der Waals surface area (Å²) in [7, 11) is 1.91. The monoisotopic (exact) mass is 251 g/mol. The Balaban J connectivity index is 2.44. The van der Waals surface area contributed by atoms with Gasteiger partial charge in [-0.05, 0) is 31.5 Å². The first-order valence-electron chi connectivity index (χ1n) is 6.01. The Hall–Kier alpha value is -1.15. The number of aromatic nitrogens is 2. The Kier molecular flexibility index (Phi) is 3.63. The summed E-state index contributed by atoms with van der Waals surface area (Å²) in [5, 5.41) is 10.7. The van der Waals surface area contributed by atoms with Gasteiger partial charge in [0.1, 0.15) is 10.3 Å². The van der Waals surface area contributed by atoms with Crippen LogP contribution >= 0.6 is 11.8 Å². The number of rotatable bonds is 2. The lowest BCUT2D eigenvalue weighted by atomic mass is 9.96. The first-order chi connectivity index (χ1) is 8.16. The maximum absolute atomic E-state index is 12.3. The molecule has 0 radical (unpaired) electrons. The SMILES string of the molecule is Cc1c(SC#N)c(=O)n(C2CCCCC2)n1C. The summed E-state index contributed by atoms with van der Waals surface area (Å²) in [6.45, 7) is 1.90. The summed E-state index contributed by atoms with van der Waals surface area (Å²) in [4.78, 5) is 12.9. The van der Waals surface area contributed by atoms with Gasteiger partial charge in [0.05, 0.1) is 11.7 Å². The van der Waals surface area contributed by atoms with Crippen LogP contribution in [-0.2, 0) is 7.05 Å². The van der Waals surface area contributed by atoms with Crippen molar-refractivity contribution in [3.8, 4) is 5.40 Å². The van der Waals surface area contributed by atoms with Crippen LogP contribution in [0.2, 0.25) is 0 Å². The van der Waals surface area contributed by atoms with E-state index in [-0.39, 0.29) is 5.56 Å². The maximum atomic E-state index is 12.3. The summed E-state index contributed by atoms with van der Waals surface area (Å²) < 4.78 is 3.76. The molecule has 17 heavy (non-hydrogen) atoms. The van der Waals surface area contributed by atoms with Gasteiger partial charge in [0, 0.05) is 7.05 Å². The quantitative estimate of drug-likeness (QED) is 0.599. The molecular weight excluding hydrogens is 234 g/mol. The van der Waals surface area contributed by atoms with Crippen molar-refractivity contribution in [2.75, 3.05) is 0 Å². The van der Waals surface area contributed by atoms with Gasteiger partial charge in [0.2, 0.25) is 0 Å². The van der Waals surface area contributed by atoms with Crippen molar-refractivity contribution < 1.29 is 0 Å². The summed E-state index contributed by atoms with van der Waals surface area (Å²) in [6, 6.07) is 0.313. The maximum Gasteiger partial charge on any atom is 0.281 e. The molecule has 2 rings (SSSR count). The highest BCUT2D eigenvalue weighted by Crippen LogP contribution is 2.28. The Bertz CT molecular complexity index is 503. The lowest BCUT2D eigenvalue weighted by molar-refractivity contribution is 0.292. The Labute approximate surface area is 105 Å². The van der Waals surface area contributed by atoms with Gasteiger partial charge in [-0.3, -0.25) is 9.48 Å². The molecule has 0 bridgehead atoms. The van der Waals surface area contributed by atoms with E-state index >= 15 is 0 Å². The summed E-state index contributed by atoms with van der Waals surface area (Å²) in [5.74, 6) is 0. The number of hydrogen-bond acceptors (Lipinski definition) is 3. The van der Waals surface area contributed by atoms with Crippen molar-refractivity contribution in [3.05, 3.63) is 16.0 Å². The lowest BCUT2D eigenvalue weighted by Crippen LogP contribution is -2.28. The second-order valence-corrected chi connectivity index (χ2v) is 5.37. The fourth-order valence-corrected chi connectivity index (χ4v) is 3.16. The van der Waals surface area contributed by atoms with Crippen molar-refractivity contribution in [3.63, 3.8) is 0 Å². The second kappa shape index (κ2) is 5.01. The molecule has 0 N–H and O–H groups in total. The molecule has 1 saturated carbocycles. The van der Waals surface area contributed by atoms with Crippen LogP contribution in [0, 0.1) is 17.6 Å². The van der Waals surface area contributed by atoms with E-state index in [1.807, 2.05) is 28.7 Å². The van der Waals surface area contributed by atoms with E-state index in [1.54, 1.807) is 0 Å². The average molecular weight is 251 g/mol. The fourth-order valence-electron chi connectivity index (χ4n) is 2.60. The molecule has 0 aliphatic heterocycles. The fraction of sp³-hybridized carbons (Fsp3) is 0.667. The molecule has 1 aromatic rings. The summed E-state index contributed by atoms with van der Waals surface area (Å²) in [5.41, 5.74) is 0.899. The zero-order valence-corrected chi connectivity index (χ0v) is 11.1. The molecule has 4 nitrogen and oxygen atoms in total. The largest absolute Gasteiger partial charge is 0.289 e. The topological polar surface area (TPSA) is 50.7 Å². The molecule has 1 aromatic heterocycles. The molecule has 0 amide bonds. The van der Waals surface area contributed by atoms with Crippen LogP contribution in [0.25, 0.3) is 0 Å². The number of nitrogens with zero attached hydrogens (tertiary/aromatic N) is 3. The van der Waals surface area contributed by atoms with E-state index in [4.69, 9.17) is 5.26 Å². The van der Waals surface area contributed by atoms with Crippen molar-refractivity contribution >= 4 is 11.8 Å². The van der Waals surface area contributed by atoms with Crippen molar-refractivity contribution in [2.45, 2.75) is 50.0 Å². The predicted octanol–water partition coefficient (Wildman–Crippen LogP) is 2.57. The van der Waals surface area contributed by atoms with Crippen LogP contribution in [0.1, 0.15) is 43.8 Å². The van der Waals surface area contributed by atoms with Gasteiger partial charge in [-0.2, -0.15) is 5.26 Å². The van der Waals surface area contributed by atoms with Crippen LogP contribution in [0.3, 0.4) is 0 Å². The van der Waals surface area contributed by atoms with E-state index in [9.17, 15) is 4.79 Å². The Morgan fingerprint density at radius 1 is 1.35 bits per heavy atom. The van der Waals surface area contributed by atoms with Crippen LogP contribution in [0.15, 0.2) is 9.69 Å². The van der Waals surface area contributed by atoms with Crippen molar-refractivity contribution in [2.24, 2.45) is 7.05 Å². The van der Waals surface area contributed by atoms with E-state index in [0.717, 1.165) is 30.3 Å². The highest BCUT2D eigenvalue weighted by atomic mass is 32.2. The molecule has 0 saturated heterocycles. The van der Waals surface area contributed by atoms with Gasteiger partial charge in [-0.1, -0.05) is 19.3 Å². The molecule has 0 aromatic carbocycles. The van der Waals surface area contributed by atoms with E-state index in [1.165, 1.54) is 19.3 Å². The molecule has 1 heterocycles. The number of thiocyanates is 1. The standard InChI is InChI=1S/C12H17N3OS/c1-9-11(17-8-13)12(16)15(14(9)2)10-6-4-3-5-7-10/h10H,3-7H2,1-2H3. The Morgan fingerprint density at radius 3 is 2.59 bits per heavy atom. The van der Waals surface area contributed by atoms with Crippen LogP contribution in [-0.4, -0.2) is 9.36 Å². The Morgan fingerprint density at radius 2 is 2.00 bits per heavy atom. The van der Waals surface area contributed by atoms with Gasteiger partial charge in [0.15, 0.2) is 0 Å². The molecule has 92 valence electrons. The van der Waals surface area contributed by atoms with Crippen molar-refractivity contribution in [1.29, 1.82) is 5.26 Å². The highest BCUT2D eigenvalue weighted by Gasteiger charge is 2.23. The molecule has 1 aliphatic rings. The molecule has 0 atom stereocenters. The molecule has 0 spiro atoms. The van der Waals surface area contributed by atoms with Crippen molar-refractivity contribution in [1.82, 2.24) is 9.36 Å². The molecular formula is C12H17N3OS. The number of hydrogen-bond donors (Lipinski definition) is 0. The van der Waals surface area contributed by atoms with E-state index < -0.39 is 0 Å². The average Bonchev–Trinajstić information content (AvgIpc) is 2.55. The van der Waals surface area contributed by atoms with Gasteiger partial charge < -0.3 is 0 Å². The van der Waals surface area contributed by atoms with E-state index in [2.05, 4.69) is 0 Å². The van der Waals surface area contributed by atoms with Crippen LogP contribution in [0.5, 0.6) is 0 Å². The number of nitriles is 1. The third kappa shape index (κ3) is 2.14. The zero-order valence-electron chi connectivity index (χ0n) is 10.3. The van der Waals surface area contributed by atoms with Crippen LogP contribution in [0.4, 0.5) is 0 Å². The first kappa shape index (κ1) is 12.3. The molecule has 5 heteroatoms. The minimum absolute atomic E-state index is 0.00319. The third-order valence-corrected chi connectivity index (χ3v) is 4.37. The number of thioether (sulfide) groups is 1. The molecule has 1 aliphatic carbocycles. The van der Waals surface area contributed by atoms with Gasteiger partial charge in [0.25, 0.3) is 5.56 Å². The normalized spacial score (nSPS) is 17.0. The van der Waals surface area contributed by atoms with Gasteiger partial charge in [-0.25, -0.2) is 4.68 Å². The van der Waals surface area contributed by atoms with E-state index in [0.29, 0.717) is 10.9 Å².